The lowest BCUT2D eigenvalue weighted by atomic mass is 10.1. The molecule has 0 saturated heterocycles. The number of nitrogens with two attached hydrogens (primary N) is 1. The van der Waals surface area contributed by atoms with E-state index in [-0.39, 0.29) is 17.3 Å². The highest BCUT2D eigenvalue weighted by Crippen LogP contribution is 2.28. The van der Waals surface area contributed by atoms with E-state index in [1.54, 1.807) is 6.92 Å². The van der Waals surface area contributed by atoms with E-state index in [2.05, 4.69) is 25.0 Å². The molecule has 2 heterocycles. The van der Waals surface area contributed by atoms with Crippen LogP contribution in [0, 0.1) is 6.92 Å². The van der Waals surface area contributed by atoms with Crippen LogP contribution in [-0.4, -0.2) is 25.8 Å². The molecule has 0 aliphatic carbocycles. The van der Waals surface area contributed by atoms with E-state index in [9.17, 15) is 4.79 Å². The zero-order valence-corrected chi connectivity index (χ0v) is 13.3. The van der Waals surface area contributed by atoms with Gasteiger partial charge in [0.25, 0.3) is 5.91 Å². The number of anilines is 3. The molecule has 0 unspecified atom stereocenters. The second-order valence-electron chi connectivity index (χ2n) is 5.21. The summed E-state index contributed by atoms with van der Waals surface area (Å²) in [7, 11) is 0. The third-order valence-electron chi connectivity index (χ3n) is 2.09. The lowest BCUT2D eigenvalue weighted by molar-refractivity contribution is 0.103. The van der Waals surface area contributed by atoms with Crippen molar-refractivity contribution >= 4 is 44.9 Å². The number of amides is 1. The van der Waals surface area contributed by atoms with Gasteiger partial charge in [-0.1, -0.05) is 11.3 Å². The molecule has 0 radical (unpaired) electrons. The molecule has 0 aliphatic rings. The Morgan fingerprint density at radius 2 is 1.95 bits per heavy atom. The Kier molecular flexibility index (Phi) is 3.91. The highest BCUT2D eigenvalue weighted by atomic mass is 32.1. The summed E-state index contributed by atoms with van der Waals surface area (Å²) in [6.07, 6.45) is 0. The van der Waals surface area contributed by atoms with Gasteiger partial charge in [-0.15, -0.1) is 0 Å². The van der Waals surface area contributed by atoms with Crippen LogP contribution < -0.4 is 16.4 Å². The van der Waals surface area contributed by atoms with Crippen molar-refractivity contribution < 1.29 is 4.79 Å². The van der Waals surface area contributed by atoms with E-state index in [1.165, 1.54) is 11.3 Å². The highest BCUT2D eigenvalue weighted by Gasteiger charge is 2.20. The monoisotopic (exact) mass is 312 g/mol. The van der Waals surface area contributed by atoms with Gasteiger partial charge in [0.2, 0.25) is 5.13 Å². The fourth-order valence-electron chi connectivity index (χ4n) is 1.37. The lowest BCUT2D eigenvalue weighted by Crippen LogP contribution is -2.25. The molecule has 0 bridgehead atoms. The third kappa shape index (κ3) is 3.64. The zero-order valence-electron chi connectivity index (χ0n) is 11.6. The van der Waals surface area contributed by atoms with Gasteiger partial charge in [-0.05, 0) is 27.7 Å². The predicted octanol–water partition coefficient (Wildman–Crippen LogP) is 2.35. The maximum atomic E-state index is 12.1. The molecule has 4 N–H and O–H groups in total. The maximum absolute atomic E-state index is 12.1. The standard InChI is InChI=1S/C11H16N6OS2/c1-5-13-9(20-17-5)15-8(18)6-7(12)14-10(19-6)16-11(2,3)4/h12H2,1-4H3,(H,14,16)(H,13,15,17,18). The topological polar surface area (TPSA) is 106 Å². The minimum absolute atomic E-state index is 0.144. The number of thiazole rings is 1. The van der Waals surface area contributed by atoms with Gasteiger partial charge < -0.3 is 11.1 Å². The van der Waals surface area contributed by atoms with Gasteiger partial charge in [0.05, 0.1) is 0 Å². The minimum Gasteiger partial charge on any atom is -0.382 e. The Morgan fingerprint density at radius 3 is 2.50 bits per heavy atom. The summed E-state index contributed by atoms with van der Waals surface area (Å²) in [6, 6.07) is 0. The molecule has 0 atom stereocenters. The van der Waals surface area contributed by atoms with E-state index in [1.807, 2.05) is 20.8 Å². The molecule has 2 aromatic rings. The molecule has 2 aromatic heterocycles. The molecular weight excluding hydrogens is 296 g/mol. The van der Waals surface area contributed by atoms with E-state index < -0.39 is 0 Å². The summed E-state index contributed by atoms with van der Waals surface area (Å²) >= 11 is 2.35. The Morgan fingerprint density at radius 1 is 1.25 bits per heavy atom. The second-order valence-corrected chi connectivity index (χ2v) is 6.96. The number of carbonyl (C=O) groups excluding carboxylic acids is 1. The van der Waals surface area contributed by atoms with Crippen LogP contribution in [-0.2, 0) is 0 Å². The first-order valence-electron chi connectivity index (χ1n) is 5.91. The van der Waals surface area contributed by atoms with Crippen molar-refractivity contribution in [3.63, 3.8) is 0 Å². The van der Waals surface area contributed by atoms with Crippen LogP contribution in [0.1, 0.15) is 36.3 Å². The smallest absolute Gasteiger partial charge is 0.271 e. The molecule has 20 heavy (non-hydrogen) atoms. The fraction of sp³-hybridized carbons (Fsp3) is 0.455. The van der Waals surface area contributed by atoms with Crippen LogP contribution in [0.4, 0.5) is 16.1 Å². The molecule has 0 spiro atoms. The van der Waals surface area contributed by atoms with E-state index in [4.69, 9.17) is 5.73 Å². The SMILES string of the molecule is Cc1nsc(NC(=O)c2sc(NC(C)(C)C)nc2N)n1. The van der Waals surface area contributed by atoms with E-state index in [0.29, 0.717) is 21.0 Å². The number of nitrogen functional groups attached to an aromatic ring is 1. The third-order valence-corrected chi connectivity index (χ3v) is 3.80. The summed E-state index contributed by atoms with van der Waals surface area (Å²) in [5, 5.41) is 6.92. The molecular formula is C11H16N6OS2. The van der Waals surface area contributed by atoms with Crippen LogP contribution in [0.5, 0.6) is 0 Å². The quantitative estimate of drug-likeness (QED) is 0.803. The summed E-state index contributed by atoms with van der Waals surface area (Å²) < 4.78 is 4.00. The molecule has 108 valence electrons. The van der Waals surface area contributed by atoms with Gasteiger partial charge in [0.1, 0.15) is 16.5 Å². The fourth-order valence-corrected chi connectivity index (χ4v) is 2.93. The average Bonchev–Trinajstić information content (AvgIpc) is 2.83. The normalized spacial score (nSPS) is 11.4. The van der Waals surface area contributed by atoms with Crippen LogP contribution in [0.2, 0.25) is 0 Å². The number of rotatable bonds is 3. The van der Waals surface area contributed by atoms with Gasteiger partial charge in [-0.3, -0.25) is 10.1 Å². The van der Waals surface area contributed by atoms with Crippen molar-refractivity contribution in [3.05, 3.63) is 10.7 Å². The van der Waals surface area contributed by atoms with Crippen molar-refractivity contribution in [2.75, 3.05) is 16.4 Å². The van der Waals surface area contributed by atoms with Crippen LogP contribution in [0.25, 0.3) is 0 Å². The van der Waals surface area contributed by atoms with Gasteiger partial charge in [0, 0.05) is 17.1 Å². The summed E-state index contributed by atoms with van der Waals surface area (Å²) in [5.74, 6) is 0.510. The first-order valence-corrected chi connectivity index (χ1v) is 7.50. The Balaban J connectivity index is 2.14. The Bertz CT molecular complexity index is 627. The number of hydrogen-bond acceptors (Lipinski definition) is 8. The van der Waals surface area contributed by atoms with Crippen molar-refractivity contribution in [2.45, 2.75) is 33.2 Å². The summed E-state index contributed by atoms with van der Waals surface area (Å²) in [6.45, 7) is 7.79. The molecule has 0 aromatic carbocycles. The first-order chi connectivity index (χ1) is 9.24. The van der Waals surface area contributed by atoms with Crippen molar-refractivity contribution in [1.29, 1.82) is 0 Å². The number of aromatic nitrogens is 3. The zero-order chi connectivity index (χ0) is 14.9. The molecule has 0 saturated carbocycles. The minimum atomic E-state index is -0.321. The van der Waals surface area contributed by atoms with Crippen LogP contribution in [0.3, 0.4) is 0 Å². The van der Waals surface area contributed by atoms with Crippen molar-refractivity contribution in [2.24, 2.45) is 0 Å². The number of carbonyl (C=O) groups is 1. The molecule has 1 amide bonds. The van der Waals surface area contributed by atoms with Crippen LogP contribution >= 0.6 is 22.9 Å². The van der Waals surface area contributed by atoms with Crippen molar-refractivity contribution in [3.8, 4) is 0 Å². The average molecular weight is 312 g/mol. The van der Waals surface area contributed by atoms with E-state index >= 15 is 0 Å². The molecule has 7 nitrogen and oxygen atoms in total. The first kappa shape index (κ1) is 14.7. The van der Waals surface area contributed by atoms with Crippen LogP contribution in [0.15, 0.2) is 0 Å². The predicted molar refractivity (Wildman–Crippen MR) is 82.5 cm³/mol. The lowest BCUT2D eigenvalue weighted by Gasteiger charge is -2.19. The molecule has 9 heteroatoms. The van der Waals surface area contributed by atoms with E-state index in [0.717, 1.165) is 11.5 Å². The summed E-state index contributed by atoms with van der Waals surface area (Å²) in [4.78, 5) is 20.7. The largest absolute Gasteiger partial charge is 0.382 e. The van der Waals surface area contributed by atoms with Gasteiger partial charge in [-0.25, -0.2) is 9.97 Å². The number of nitrogens with zero attached hydrogens (tertiary/aromatic N) is 3. The Labute approximate surface area is 124 Å². The van der Waals surface area contributed by atoms with Crippen molar-refractivity contribution in [1.82, 2.24) is 14.3 Å². The second kappa shape index (κ2) is 5.33. The summed E-state index contributed by atoms with van der Waals surface area (Å²) in [5.41, 5.74) is 5.64. The number of hydrogen-bond donors (Lipinski definition) is 3. The Hall–Kier alpha value is -1.74. The van der Waals surface area contributed by atoms with Gasteiger partial charge in [-0.2, -0.15) is 4.37 Å². The van der Waals surface area contributed by atoms with Gasteiger partial charge >= 0.3 is 0 Å². The molecule has 0 aliphatic heterocycles. The molecule has 0 fully saturated rings. The maximum Gasteiger partial charge on any atom is 0.271 e. The highest BCUT2D eigenvalue weighted by molar-refractivity contribution is 7.18. The number of aryl methyl sites for hydroxylation is 1. The number of nitrogens with one attached hydrogen (secondary N) is 2. The molecule has 2 rings (SSSR count). The van der Waals surface area contributed by atoms with Gasteiger partial charge in [0.15, 0.2) is 5.13 Å².